The molecule has 0 saturated heterocycles. The number of hydrogen-bond donors (Lipinski definition) is 2. The lowest BCUT2D eigenvalue weighted by Gasteiger charge is -2.15. The average Bonchev–Trinajstić information content (AvgIpc) is 2.59. The summed E-state index contributed by atoms with van der Waals surface area (Å²) < 4.78 is 0. The van der Waals surface area contributed by atoms with Crippen LogP contribution in [0.1, 0.15) is 37.5 Å². The van der Waals surface area contributed by atoms with Gasteiger partial charge in [0.1, 0.15) is 0 Å². The molecular formula is C20H18N2O3. The Morgan fingerprint density at radius 2 is 1.64 bits per heavy atom. The van der Waals surface area contributed by atoms with Crippen LogP contribution in [-0.4, -0.2) is 22.0 Å². The molecule has 1 aromatic heterocycles. The van der Waals surface area contributed by atoms with Gasteiger partial charge in [0, 0.05) is 10.9 Å². The minimum absolute atomic E-state index is 0.155. The summed E-state index contributed by atoms with van der Waals surface area (Å²) in [5.74, 6) is -1.54. The first-order valence-electron chi connectivity index (χ1n) is 7.89. The number of hydrogen-bond acceptors (Lipinski definition) is 3. The number of nitrogens with one attached hydrogen (secondary N) is 1. The molecule has 0 spiro atoms. The third-order valence-electron chi connectivity index (χ3n) is 4.34. The Kier molecular flexibility index (Phi) is 4.23. The highest BCUT2D eigenvalue weighted by molar-refractivity contribution is 6.09. The highest BCUT2D eigenvalue weighted by Crippen LogP contribution is 2.29. The maximum atomic E-state index is 12.5. The number of carbonyl (C=O) groups excluding carboxylic acids is 1. The van der Waals surface area contributed by atoms with E-state index >= 15 is 0 Å². The molecule has 0 aliphatic heterocycles. The zero-order valence-electron chi connectivity index (χ0n) is 14.3. The van der Waals surface area contributed by atoms with Crippen LogP contribution in [0.3, 0.4) is 0 Å². The van der Waals surface area contributed by atoms with Crippen molar-refractivity contribution in [1.29, 1.82) is 0 Å². The Hall–Kier alpha value is -3.21. The van der Waals surface area contributed by atoms with Crippen LogP contribution in [0, 0.1) is 20.8 Å². The quantitative estimate of drug-likeness (QED) is 0.755. The summed E-state index contributed by atoms with van der Waals surface area (Å²) in [5, 5.41) is 13.1. The van der Waals surface area contributed by atoms with Gasteiger partial charge in [0.25, 0.3) is 5.91 Å². The van der Waals surface area contributed by atoms with Crippen molar-refractivity contribution in [3.63, 3.8) is 0 Å². The van der Waals surface area contributed by atoms with Gasteiger partial charge >= 0.3 is 5.97 Å². The molecule has 5 heteroatoms. The predicted molar refractivity (Wildman–Crippen MR) is 97.3 cm³/mol. The molecule has 0 unspecified atom stereocenters. The van der Waals surface area contributed by atoms with E-state index in [1.807, 2.05) is 32.0 Å². The van der Waals surface area contributed by atoms with Gasteiger partial charge in [-0.05, 0) is 61.7 Å². The molecule has 3 aromatic rings. The van der Waals surface area contributed by atoms with Gasteiger partial charge in [-0.2, -0.15) is 0 Å². The Morgan fingerprint density at radius 3 is 2.28 bits per heavy atom. The molecule has 0 radical (unpaired) electrons. The number of anilines is 1. The zero-order chi connectivity index (χ0) is 18.1. The van der Waals surface area contributed by atoms with E-state index in [1.165, 1.54) is 0 Å². The highest BCUT2D eigenvalue weighted by atomic mass is 16.4. The van der Waals surface area contributed by atoms with Gasteiger partial charge in [-0.3, -0.25) is 4.79 Å². The number of carboxylic acids is 1. The van der Waals surface area contributed by atoms with Crippen molar-refractivity contribution in [3.8, 4) is 0 Å². The molecule has 2 N–H and O–H groups in total. The molecule has 0 aliphatic carbocycles. The van der Waals surface area contributed by atoms with Crippen LogP contribution >= 0.6 is 0 Å². The second kappa shape index (κ2) is 6.36. The van der Waals surface area contributed by atoms with Crippen LogP contribution in [0.2, 0.25) is 0 Å². The largest absolute Gasteiger partial charge is 0.476 e. The van der Waals surface area contributed by atoms with E-state index in [-0.39, 0.29) is 17.3 Å². The molecule has 2 aromatic carbocycles. The fourth-order valence-electron chi connectivity index (χ4n) is 2.77. The first-order valence-corrected chi connectivity index (χ1v) is 7.89. The standard InChI is InChI=1S/C20H18N2O3/c1-11-9-15-13(3)17(22-19(23)14-7-5-4-6-8-14)18(20(24)25)21-16(15)10-12(11)2/h4-10H,1-3H3,(H,22,23)(H,24,25). The summed E-state index contributed by atoms with van der Waals surface area (Å²) in [6.07, 6.45) is 0. The molecule has 0 aliphatic rings. The average molecular weight is 334 g/mol. The minimum atomic E-state index is -1.17. The normalized spacial score (nSPS) is 10.7. The number of aromatic carboxylic acids is 1. The van der Waals surface area contributed by atoms with E-state index in [2.05, 4.69) is 10.3 Å². The van der Waals surface area contributed by atoms with Crippen LogP contribution in [-0.2, 0) is 0 Å². The Bertz CT molecular complexity index is 995. The van der Waals surface area contributed by atoms with Crippen LogP contribution in [0.15, 0.2) is 42.5 Å². The molecule has 0 bridgehead atoms. The van der Waals surface area contributed by atoms with Gasteiger partial charge in [-0.25, -0.2) is 9.78 Å². The second-order valence-electron chi connectivity index (χ2n) is 6.04. The van der Waals surface area contributed by atoms with Crippen LogP contribution in [0.25, 0.3) is 10.9 Å². The van der Waals surface area contributed by atoms with Gasteiger partial charge < -0.3 is 10.4 Å². The number of rotatable bonds is 3. The van der Waals surface area contributed by atoms with Gasteiger partial charge in [0.05, 0.1) is 11.2 Å². The van der Waals surface area contributed by atoms with E-state index in [0.29, 0.717) is 16.6 Å². The number of benzene rings is 2. The molecule has 126 valence electrons. The Labute approximate surface area is 145 Å². The lowest BCUT2D eigenvalue weighted by atomic mass is 10.0. The van der Waals surface area contributed by atoms with E-state index in [0.717, 1.165) is 16.5 Å². The number of carbonyl (C=O) groups is 2. The summed E-state index contributed by atoms with van der Waals surface area (Å²) in [5.41, 5.74) is 3.95. The smallest absolute Gasteiger partial charge is 0.356 e. The number of aryl methyl sites for hydroxylation is 3. The van der Waals surface area contributed by atoms with Crippen molar-refractivity contribution in [2.45, 2.75) is 20.8 Å². The molecule has 0 saturated carbocycles. The molecule has 25 heavy (non-hydrogen) atoms. The summed E-state index contributed by atoms with van der Waals surface area (Å²) in [6, 6.07) is 12.5. The predicted octanol–water partition coefficient (Wildman–Crippen LogP) is 4.11. The maximum Gasteiger partial charge on any atom is 0.356 e. The number of nitrogens with zero attached hydrogens (tertiary/aromatic N) is 1. The summed E-state index contributed by atoms with van der Waals surface area (Å²) in [4.78, 5) is 28.4. The van der Waals surface area contributed by atoms with Gasteiger partial charge in [0.2, 0.25) is 0 Å². The van der Waals surface area contributed by atoms with Gasteiger partial charge in [-0.15, -0.1) is 0 Å². The third-order valence-corrected chi connectivity index (χ3v) is 4.34. The number of pyridine rings is 1. The fourth-order valence-corrected chi connectivity index (χ4v) is 2.77. The first-order chi connectivity index (χ1) is 11.9. The van der Waals surface area contributed by atoms with Gasteiger partial charge in [0.15, 0.2) is 5.69 Å². The van der Waals surface area contributed by atoms with Crippen molar-refractivity contribution in [1.82, 2.24) is 4.98 Å². The summed E-state index contributed by atoms with van der Waals surface area (Å²) in [6.45, 7) is 5.74. The molecule has 0 atom stereocenters. The molecular weight excluding hydrogens is 316 g/mol. The molecule has 1 heterocycles. The highest BCUT2D eigenvalue weighted by Gasteiger charge is 2.20. The number of carboxylic acid groups (broad SMARTS) is 1. The topological polar surface area (TPSA) is 79.3 Å². The molecule has 5 nitrogen and oxygen atoms in total. The van der Waals surface area contributed by atoms with E-state index in [9.17, 15) is 14.7 Å². The van der Waals surface area contributed by atoms with Crippen molar-refractivity contribution < 1.29 is 14.7 Å². The number of fused-ring (bicyclic) bond motifs is 1. The SMILES string of the molecule is Cc1cc2nc(C(=O)O)c(NC(=O)c3ccccc3)c(C)c2cc1C. The Balaban J connectivity index is 2.17. The zero-order valence-corrected chi connectivity index (χ0v) is 14.3. The monoisotopic (exact) mass is 334 g/mol. The third kappa shape index (κ3) is 3.08. The van der Waals surface area contributed by atoms with E-state index < -0.39 is 5.97 Å². The minimum Gasteiger partial charge on any atom is -0.476 e. The van der Waals surface area contributed by atoms with Crippen molar-refractivity contribution in [2.24, 2.45) is 0 Å². The van der Waals surface area contributed by atoms with E-state index in [1.54, 1.807) is 31.2 Å². The van der Waals surface area contributed by atoms with E-state index in [4.69, 9.17) is 0 Å². The maximum absolute atomic E-state index is 12.5. The van der Waals surface area contributed by atoms with Crippen molar-refractivity contribution in [2.75, 3.05) is 5.32 Å². The van der Waals surface area contributed by atoms with Crippen LogP contribution in [0.5, 0.6) is 0 Å². The Morgan fingerprint density at radius 1 is 1.00 bits per heavy atom. The fraction of sp³-hybridized carbons (Fsp3) is 0.150. The van der Waals surface area contributed by atoms with Gasteiger partial charge in [-0.1, -0.05) is 18.2 Å². The number of aromatic nitrogens is 1. The molecule has 1 amide bonds. The summed E-state index contributed by atoms with van der Waals surface area (Å²) in [7, 11) is 0. The van der Waals surface area contributed by atoms with Crippen molar-refractivity contribution in [3.05, 3.63) is 70.4 Å². The molecule has 0 fully saturated rings. The van der Waals surface area contributed by atoms with Crippen LogP contribution in [0.4, 0.5) is 5.69 Å². The first kappa shape index (κ1) is 16.6. The lowest BCUT2D eigenvalue weighted by Crippen LogP contribution is -2.17. The van der Waals surface area contributed by atoms with Crippen molar-refractivity contribution >= 4 is 28.5 Å². The summed E-state index contributed by atoms with van der Waals surface area (Å²) >= 11 is 0. The second-order valence-corrected chi connectivity index (χ2v) is 6.04. The molecule has 3 rings (SSSR count). The lowest BCUT2D eigenvalue weighted by molar-refractivity contribution is 0.0692. The number of amides is 1. The van der Waals surface area contributed by atoms with Crippen LogP contribution < -0.4 is 5.32 Å².